The van der Waals surface area contributed by atoms with E-state index in [1.807, 2.05) is 37.3 Å². The highest BCUT2D eigenvalue weighted by molar-refractivity contribution is 6.09. The Labute approximate surface area is 171 Å². The molecule has 154 valence electrons. The van der Waals surface area contributed by atoms with Crippen LogP contribution in [0.5, 0.6) is 0 Å². The van der Waals surface area contributed by atoms with Gasteiger partial charge in [0, 0.05) is 12.2 Å². The fourth-order valence-corrected chi connectivity index (χ4v) is 3.98. The third kappa shape index (κ3) is 5.56. The smallest absolute Gasteiger partial charge is 0.352 e. The zero-order chi connectivity index (χ0) is 20.8. The normalized spacial score (nSPS) is 20.3. The number of benzene rings is 1. The molecule has 6 heteroatoms. The van der Waals surface area contributed by atoms with E-state index in [1.165, 1.54) is 24.8 Å². The van der Waals surface area contributed by atoms with Crippen molar-refractivity contribution < 1.29 is 19.8 Å². The minimum absolute atomic E-state index is 0.206. The van der Waals surface area contributed by atoms with E-state index in [2.05, 4.69) is 0 Å². The van der Waals surface area contributed by atoms with Crippen molar-refractivity contribution in [2.45, 2.75) is 57.9 Å². The number of allylic oxidation sites excluding steroid dienone is 2. The molecule has 1 aromatic carbocycles. The van der Waals surface area contributed by atoms with Gasteiger partial charge in [-0.05, 0) is 44.2 Å². The fourth-order valence-electron chi connectivity index (χ4n) is 3.98. The number of rotatable bonds is 6. The third-order valence-corrected chi connectivity index (χ3v) is 5.48. The van der Waals surface area contributed by atoms with E-state index in [-0.39, 0.29) is 11.7 Å². The molecule has 2 N–H and O–H groups in total. The van der Waals surface area contributed by atoms with Gasteiger partial charge in [-0.3, -0.25) is 4.99 Å². The predicted octanol–water partition coefficient (Wildman–Crippen LogP) is 4.15. The van der Waals surface area contributed by atoms with Gasteiger partial charge in [-0.25, -0.2) is 9.59 Å². The minimum Gasteiger partial charge on any atom is -0.478 e. The second-order valence-corrected chi connectivity index (χ2v) is 7.74. The first-order chi connectivity index (χ1) is 13.9. The van der Waals surface area contributed by atoms with Crippen molar-refractivity contribution in [3.63, 3.8) is 0 Å². The summed E-state index contributed by atoms with van der Waals surface area (Å²) in [6, 6.07) is 8.45. The molecule has 2 fully saturated rings. The Morgan fingerprint density at radius 2 is 1.76 bits per heavy atom. The zero-order valence-electron chi connectivity index (χ0n) is 16.8. The van der Waals surface area contributed by atoms with Crippen LogP contribution < -0.4 is 0 Å². The van der Waals surface area contributed by atoms with Crippen molar-refractivity contribution >= 4 is 17.7 Å². The molecule has 1 aliphatic carbocycles. The standard InChI is InChI=1S/C23H28N2O4/c1-16-9-11-17(12-10-16)20(24-18-6-3-2-4-7-18)14-19-8-5-13-25(19)21(23(28)29)15-22(26)27/h9-12,14-15,18H,2-8,13H2,1H3,(H,26,27)(H,28,29)/b19-14?,21-15+,24-20?. The summed E-state index contributed by atoms with van der Waals surface area (Å²) in [7, 11) is 0. The molecule has 2 aliphatic rings. The number of likely N-dealkylation sites (tertiary alicyclic amines) is 1. The second-order valence-electron chi connectivity index (χ2n) is 7.74. The number of aliphatic carboxylic acids is 2. The van der Waals surface area contributed by atoms with Gasteiger partial charge in [0.2, 0.25) is 0 Å². The van der Waals surface area contributed by atoms with E-state index >= 15 is 0 Å². The molecular weight excluding hydrogens is 368 g/mol. The monoisotopic (exact) mass is 396 g/mol. The third-order valence-electron chi connectivity index (χ3n) is 5.48. The van der Waals surface area contributed by atoms with Gasteiger partial charge in [-0.2, -0.15) is 0 Å². The maximum atomic E-state index is 11.6. The summed E-state index contributed by atoms with van der Waals surface area (Å²) in [5.74, 6) is -2.50. The number of nitrogens with zero attached hydrogens (tertiary/aromatic N) is 2. The van der Waals surface area contributed by atoms with Crippen LogP contribution in [-0.4, -0.2) is 45.3 Å². The number of aryl methyl sites for hydroxylation is 1. The van der Waals surface area contributed by atoms with Crippen molar-refractivity contribution in [2.24, 2.45) is 4.99 Å². The van der Waals surface area contributed by atoms with Crippen molar-refractivity contribution in [2.75, 3.05) is 6.54 Å². The van der Waals surface area contributed by atoms with Crippen molar-refractivity contribution in [3.8, 4) is 0 Å². The van der Waals surface area contributed by atoms with Crippen molar-refractivity contribution in [3.05, 3.63) is 58.9 Å². The Kier molecular flexibility index (Phi) is 6.86. The molecule has 1 aliphatic heterocycles. The summed E-state index contributed by atoms with van der Waals surface area (Å²) in [4.78, 5) is 29.4. The van der Waals surface area contributed by atoms with E-state index in [4.69, 9.17) is 10.1 Å². The highest BCUT2D eigenvalue weighted by Crippen LogP contribution is 2.28. The van der Waals surface area contributed by atoms with Gasteiger partial charge >= 0.3 is 11.9 Å². The maximum Gasteiger partial charge on any atom is 0.352 e. The number of carboxylic acids is 2. The molecule has 3 rings (SSSR count). The van der Waals surface area contributed by atoms with Crippen LogP contribution >= 0.6 is 0 Å². The summed E-state index contributed by atoms with van der Waals surface area (Å²) >= 11 is 0. The van der Waals surface area contributed by atoms with E-state index < -0.39 is 11.9 Å². The summed E-state index contributed by atoms with van der Waals surface area (Å²) in [5.41, 5.74) is 3.61. The topological polar surface area (TPSA) is 90.2 Å². The first kappa shape index (κ1) is 20.8. The largest absolute Gasteiger partial charge is 0.478 e. The zero-order valence-corrected chi connectivity index (χ0v) is 16.8. The summed E-state index contributed by atoms with van der Waals surface area (Å²) < 4.78 is 0. The molecule has 6 nitrogen and oxygen atoms in total. The molecule has 0 bridgehead atoms. The summed E-state index contributed by atoms with van der Waals surface area (Å²) in [6.45, 7) is 2.52. The molecule has 0 spiro atoms. The van der Waals surface area contributed by atoms with Gasteiger partial charge in [-0.1, -0.05) is 49.1 Å². The first-order valence-corrected chi connectivity index (χ1v) is 10.2. The van der Waals surface area contributed by atoms with E-state index in [9.17, 15) is 14.7 Å². The average molecular weight is 396 g/mol. The van der Waals surface area contributed by atoms with Crippen LogP contribution in [0.2, 0.25) is 0 Å². The Morgan fingerprint density at radius 1 is 1.07 bits per heavy atom. The van der Waals surface area contributed by atoms with Gasteiger partial charge in [0.25, 0.3) is 0 Å². The molecule has 1 aromatic rings. The average Bonchev–Trinajstić information content (AvgIpc) is 3.14. The highest BCUT2D eigenvalue weighted by Gasteiger charge is 2.26. The Hall–Kier alpha value is -2.89. The first-order valence-electron chi connectivity index (χ1n) is 10.2. The maximum absolute atomic E-state index is 11.6. The highest BCUT2D eigenvalue weighted by atomic mass is 16.4. The second kappa shape index (κ2) is 9.54. The molecule has 29 heavy (non-hydrogen) atoms. The van der Waals surface area contributed by atoms with Crippen molar-refractivity contribution in [1.29, 1.82) is 0 Å². The van der Waals surface area contributed by atoms with Crippen LogP contribution in [0, 0.1) is 6.92 Å². The molecule has 0 atom stereocenters. The van der Waals surface area contributed by atoms with Gasteiger partial charge < -0.3 is 15.1 Å². The summed E-state index contributed by atoms with van der Waals surface area (Å²) in [5, 5.41) is 18.6. The summed E-state index contributed by atoms with van der Waals surface area (Å²) in [6.07, 6.45) is 9.95. The molecule has 0 aromatic heterocycles. The molecule has 0 radical (unpaired) electrons. The number of carbonyl (C=O) groups is 2. The van der Waals surface area contributed by atoms with Crippen LogP contribution in [0.4, 0.5) is 0 Å². The van der Waals surface area contributed by atoms with Crippen LogP contribution in [-0.2, 0) is 9.59 Å². The lowest BCUT2D eigenvalue weighted by Crippen LogP contribution is -2.25. The molecule has 0 unspecified atom stereocenters. The molecule has 1 saturated heterocycles. The van der Waals surface area contributed by atoms with Gasteiger partial charge in [-0.15, -0.1) is 0 Å². The Bertz CT molecular complexity index is 846. The molecule has 1 heterocycles. The van der Waals surface area contributed by atoms with Crippen LogP contribution in [0.25, 0.3) is 0 Å². The van der Waals surface area contributed by atoms with Crippen LogP contribution in [0.1, 0.15) is 56.1 Å². The number of carboxylic acid groups (broad SMARTS) is 2. The van der Waals surface area contributed by atoms with E-state index in [0.29, 0.717) is 13.0 Å². The van der Waals surface area contributed by atoms with Gasteiger partial charge in [0.15, 0.2) is 0 Å². The SMILES string of the molecule is Cc1ccc(C(C=C2CCCN2/C(=C/C(=O)O)C(=O)O)=NC2CCCCC2)cc1. The Balaban J connectivity index is 1.99. The van der Waals surface area contributed by atoms with E-state index in [1.54, 1.807) is 4.90 Å². The fraction of sp³-hybridized carbons (Fsp3) is 0.435. The molecular formula is C23H28N2O4. The number of hydrogen-bond donors (Lipinski definition) is 2. The quantitative estimate of drug-likeness (QED) is 0.557. The van der Waals surface area contributed by atoms with E-state index in [0.717, 1.165) is 42.3 Å². The van der Waals surface area contributed by atoms with Crippen molar-refractivity contribution in [1.82, 2.24) is 4.90 Å². The lowest BCUT2D eigenvalue weighted by atomic mass is 9.95. The van der Waals surface area contributed by atoms with Crippen LogP contribution in [0.3, 0.4) is 0 Å². The lowest BCUT2D eigenvalue weighted by Gasteiger charge is -2.22. The number of aliphatic imine (C=N–C) groups is 1. The lowest BCUT2D eigenvalue weighted by molar-refractivity contribution is -0.136. The van der Waals surface area contributed by atoms with Gasteiger partial charge in [0.05, 0.1) is 17.8 Å². The number of hydrogen-bond acceptors (Lipinski definition) is 4. The molecule has 1 saturated carbocycles. The van der Waals surface area contributed by atoms with Gasteiger partial charge in [0.1, 0.15) is 5.70 Å². The predicted molar refractivity (Wildman–Crippen MR) is 112 cm³/mol. The minimum atomic E-state index is -1.26. The molecule has 0 amide bonds. The Morgan fingerprint density at radius 3 is 2.38 bits per heavy atom. The van der Waals surface area contributed by atoms with Crippen LogP contribution in [0.15, 0.2) is 52.8 Å².